The molecule has 0 spiro atoms. The van der Waals surface area contributed by atoms with Crippen LogP contribution in [0.5, 0.6) is 0 Å². The fraction of sp³-hybridized carbons (Fsp3) is 1.00. The molecule has 0 radical (unpaired) electrons. The van der Waals surface area contributed by atoms with Crippen LogP contribution < -0.4 is 0 Å². The van der Waals surface area contributed by atoms with Crippen molar-refractivity contribution in [1.29, 1.82) is 0 Å². The molecule has 110 valence electrons. The van der Waals surface area contributed by atoms with Gasteiger partial charge in [-0.25, -0.2) is 0 Å². The Kier molecular flexibility index (Phi) is 8.13. The quantitative estimate of drug-likeness (QED) is 0.448. The van der Waals surface area contributed by atoms with Crippen LogP contribution in [0.4, 0.5) is 0 Å². The zero-order valence-corrected chi connectivity index (χ0v) is 13.1. The van der Waals surface area contributed by atoms with E-state index in [1.165, 1.54) is 19.3 Å². The molecule has 0 heterocycles. The normalized spacial score (nSPS) is 14.8. The molecule has 0 saturated carbocycles. The zero-order chi connectivity index (χ0) is 14.2. The summed E-state index contributed by atoms with van der Waals surface area (Å²) in [5, 5.41) is 20.9. The van der Waals surface area contributed by atoms with Gasteiger partial charge in [0.25, 0.3) is 0 Å². The lowest BCUT2D eigenvalue weighted by atomic mass is 9.62. The first-order valence-corrected chi connectivity index (χ1v) is 7.90. The number of unbranched alkanes of at least 4 members (excludes halogenated alkanes) is 2. The first-order valence-electron chi connectivity index (χ1n) is 7.90. The van der Waals surface area contributed by atoms with E-state index in [0.29, 0.717) is 12.3 Å². The molecule has 0 aliphatic rings. The fourth-order valence-corrected chi connectivity index (χ4v) is 3.58. The van der Waals surface area contributed by atoms with Crippen molar-refractivity contribution in [3.63, 3.8) is 0 Å². The van der Waals surface area contributed by atoms with Crippen molar-refractivity contribution in [3.8, 4) is 0 Å². The van der Waals surface area contributed by atoms with E-state index in [1.807, 2.05) is 6.92 Å². The van der Waals surface area contributed by atoms with E-state index < -0.39 is 5.79 Å². The van der Waals surface area contributed by atoms with Gasteiger partial charge in [0.2, 0.25) is 0 Å². The van der Waals surface area contributed by atoms with Crippen molar-refractivity contribution in [3.05, 3.63) is 0 Å². The van der Waals surface area contributed by atoms with Gasteiger partial charge in [0, 0.05) is 5.41 Å². The molecular formula is C16H34O2. The lowest BCUT2D eigenvalue weighted by Crippen LogP contribution is -2.51. The predicted octanol–water partition coefficient (Wildman–Crippen LogP) is 4.49. The van der Waals surface area contributed by atoms with Gasteiger partial charge >= 0.3 is 0 Å². The molecule has 0 aromatic heterocycles. The molecule has 2 heteroatoms. The molecular weight excluding hydrogens is 224 g/mol. The van der Waals surface area contributed by atoms with Crippen LogP contribution in [-0.4, -0.2) is 16.0 Å². The Morgan fingerprint density at radius 1 is 0.833 bits per heavy atom. The van der Waals surface area contributed by atoms with Crippen molar-refractivity contribution in [2.45, 2.75) is 91.8 Å². The van der Waals surface area contributed by atoms with E-state index in [9.17, 15) is 10.2 Å². The topological polar surface area (TPSA) is 40.5 Å². The molecule has 1 atom stereocenters. The lowest BCUT2D eigenvalue weighted by molar-refractivity contribution is -0.266. The molecule has 0 amide bonds. The van der Waals surface area contributed by atoms with Gasteiger partial charge in [-0.1, -0.05) is 60.3 Å². The summed E-state index contributed by atoms with van der Waals surface area (Å²) < 4.78 is 0. The average molecular weight is 258 g/mol. The molecule has 0 aromatic rings. The van der Waals surface area contributed by atoms with Crippen molar-refractivity contribution in [1.82, 2.24) is 0 Å². The largest absolute Gasteiger partial charge is 0.365 e. The summed E-state index contributed by atoms with van der Waals surface area (Å²) in [6.07, 6.45) is 7.93. The predicted molar refractivity (Wildman–Crippen MR) is 78.4 cm³/mol. The van der Waals surface area contributed by atoms with Crippen LogP contribution in [-0.2, 0) is 0 Å². The third-order valence-corrected chi connectivity index (χ3v) is 4.98. The molecule has 18 heavy (non-hydrogen) atoms. The minimum atomic E-state index is -1.52. The van der Waals surface area contributed by atoms with E-state index >= 15 is 0 Å². The summed E-state index contributed by atoms with van der Waals surface area (Å²) in [6.45, 7) is 10.5. The van der Waals surface area contributed by atoms with Crippen molar-refractivity contribution in [2.24, 2.45) is 11.3 Å². The summed E-state index contributed by atoms with van der Waals surface area (Å²) in [4.78, 5) is 0. The van der Waals surface area contributed by atoms with Crippen LogP contribution in [0.25, 0.3) is 0 Å². The van der Waals surface area contributed by atoms with Gasteiger partial charge in [-0.15, -0.1) is 0 Å². The van der Waals surface area contributed by atoms with Crippen LogP contribution in [0, 0.1) is 11.3 Å². The SMILES string of the molecule is CCCCCC(CC)C(CC)(CC)C(O)(O)CC. The first kappa shape index (κ1) is 17.9. The Hall–Kier alpha value is -0.0800. The molecule has 0 rings (SSSR count). The molecule has 0 saturated heterocycles. The summed E-state index contributed by atoms with van der Waals surface area (Å²) in [5.74, 6) is -1.11. The molecule has 2 nitrogen and oxygen atoms in total. The third-order valence-electron chi connectivity index (χ3n) is 4.98. The lowest BCUT2D eigenvalue weighted by Gasteiger charge is -2.48. The first-order chi connectivity index (χ1) is 8.45. The number of aliphatic hydroxyl groups is 2. The molecule has 0 aromatic carbocycles. The number of hydrogen-bond acceptors (Lipinski definition) is 2. The van der Waals surface area contributed by atoms with Crippen LogP contribution in [0.1, 0.15) is 86.0 Å². The highest BCUT2D eigenvalue weighted by atomic mass is 16.5. The van der Waals surface area contributed by atoms with Crippen molar-refractivity contribution >= 4 is 0 Å². The second kappa shape index (κ2) is 8.16. The van der Waals surface area contributed by atoms with Gasteiger partial charge < -0.3 is 10.2 Å². The van der Waals surface area contributed by atoms with Gasteiger partial charge in [-0.2, -0.15) is 0 Å². The molecule has 0 aliphatic carbocycles. The van der Waals surface area contributed by atoms with E-state index in [1.54, 1.807) is 0 Å². The van der Waals surface area contributed by atoms with Crippen LogP contribution in [0.2, 0.25) is 0 Å². The third kappa shape index (κ3) is 3.71. The highest BCUT2D eigenvalue weighted by molar-refractivity contribution is 4.94. The monoisotopic (exact) mass is 258 g/mol. The smallest absolute Gasteiger partial charge is 0.168 e. The molecule has 1 unspecified atom stereocenters. The summed E-state index contributed by atoms with van der Waals surface area (Å²) in [7, 11) is 0. The Balaban J connectivity index is 5.02. The summed E-state index contributed by atoms with van der Waals surface area (Å²) in [5.41, 5.74) is -0.343. The highest BCUT2D eigenvalue weighted by Crippen LogP contribution is 2.48. The summed E-state index contributed by atoms with van der Waals surface area (Å²) >= 11 is 0. The van der Waals surface area contributed by atoms with E-state index in [4.69, 9.17) is 0 Å². The highest BCUT2D eigenvalue weighted by Gasteiger charge is 2.49. The second-order valence-electron chi connectivity index (χ2n) is 5.63. The summed E-state index contributed by atoms with van der Waals surface area (Å²) in [6, 6.07) is 0. The van der Waals surface area contributed by atoms with Gasteiger partial charge in [-0.3, -0.25) is 0 Å². The minimum absolute atomic E-state index is 0.343. The van der Waals surface area contributed by atoms with Crippen LogP contribution >= 0.6 is 0 Å². The van der Waals surface area contributed by atoms with E-state index in [-0.39, 0.29) is 5.41 Å². The number of hydrogen-bond donors (Lipinski definition) is 2. The standard InChI is InChI=1S/C16H34O2/c1-6-11-12-13-14(7-2)15(8-3,9-4)16(17,18)10-5/h14,17-18H,6-13H2,1-5H3. The Morgan fingerprint density at radius 3 is 1.72 bits per heavy atom. The molecule has 0 aliphatic heterocycles. The Bertz CT molecular complexity index is 207. The van der Waals surface area contributed by atoms with Gasteiger partial charge in [-0.05, 0) is 31.6 Å². The Labute approximate surface area is 114 Å². The van der Waals surface area contributed by atoms with Crippen molar-refractivity contribution in [2.75, 3.05) is 0 Å². The van der Waals surface area contributed by atoms with Gasteiger partial charge in [0.1, 0.15) is 0 Å². The molecule has 0 bridgehead atoms. The number of rotatable bonds is 10. The van der Waals surface area contributed by atoms with Crippen LogP contribution in [0.15, 0.2) is 0 Å². The van der Waals surface area contributed by atoms with E-state index in [0.717, 1.165) is 25.7 Å². The maximum absolute atomic E-state index is 10.4. The Morgan fingerprint density at radius 2 is 1.39 bits per heavy atom. The van der Waals surface area contributed by atoms with Crippen LogP contribution in [0.3, 0.4) is 0 Å². The van der Waals surface area contributed by atoms with Gasteiger partial charge in [0.05, 0.1) is 0 Å². The zero-order valence-electron chi connectivity index (χ0n) is 13.1. The minimum Gasteiger partial charge on any atom is -0.365 e. The average Bonchev–Trinajstić information content (AvgIpc) is 2.38. The molecule has 0 fully saturated rings. The second-order valence-corrected chi connectivity index (χ2v) is 5.63. The maximum atomic E-state index is 10.4. The van der Waals surface area contributed by atoms with E-state index in [2.05, 4.69) is 27.7 Å². The van der Waals surface area contributed by atoms with Crippen molar-refractivity contribution < 1.29 is 10.2 Å². The fourth-order valence-electron chi connectivity index (χ4n) is 3.58. The van der Waals surface area contributed by atoms with Gasteiger partial charge in [0.15, 0.2) is 5.79 Å². The maximum Gasteiger partial charge on any atom is 0.168 e. The molecule has 2 N–H and O–H groups in total.